The van der Waals surface area contributed by atoms with Crippen LogP contribution >= 0.6 is 0 Å². The smallest absolute Gasteiger partial charge is 0.348 e. The van der Waals surface area contributed by atoms with Gasteiger partial charge in [0.05, 0.1) is 0 Å². The van der Waals surface area contributed by atoms with E-state index in [1.54, 1.807) is 0 Å². The fourth-order valence-corrected chi connectivity index (χ4v) is 0.505. The molecule has 0 spiro atoms. The quantitative estimate of drug-likeness (QED) is 0.448. The molecule has 0 heterocycles. The van der Waals surface area contributed by atoms with Gasteiger partial charge in [-0.1, -0.05) is 0 Å². The maximum Gasteiger partial charge on any atom is 0.348 e. The van der Waals surface area contributed by atoms with Gasteiger partial charge in [-0.2, -0.15) is 8.42 Å². The molecular weight excluding hydrogens is 146 g/mol. The maximum atomic E-state index is 9.87. The molecule has 0 bridgehead atoms. The van der Waals surface area contributed by atoms with Crippen LogP contribution in [0.5, 0.6) is 0 Å². The van der Waals surface area contributed by atoms with Crippen molar-refractivity contribution >= 4 is 21.1 Å². The summed E-state index contributed by atoms with van der Waals surface area (Å²) in [6.07, 6.45) is 0. The van der Waals surface area contributed by atoms with Crippen LogP contribution in [0.3, 0.4) is 0 Å². The topological polar surface area (TPSA) is 97.5 Å². The van der Waals surface area contributed by atoms with Crippen LogP contribution in [0.25, 0.3) is 0 Å². The zero-order valence-corrected chi connectivity index (χ0v) is 5.18. The van der Waals surface area contributed by atoms with E-state index in [1.165, 1.54) is 0 Å². The van der Waals surface area contributed by atoms with Crippen molar-refractivity contribution in [1.82, 2.24) is 0 Å². The van der Waals surface area contributed by atoms with Gasteiger partial charge in [-0.25, -0.2) is 4.79 Å². The van der Waals surface area contributed by atoms with E-state index in [0.717, 1.165) is 0 Å². The van der Waals surface area contributed by atoms with Crippen LogP contribution in [0.4, 0.5) is 0 Å². The third kappa shape index (κ3) is 2.24. The molecule has 0 aromatic rings. The Kier molecular flexibility index (Phi) is 2.89. The van der Waals surface area contributed by atoms with Gasteiger partial charge in [0.2, 0.25) is 10.3 Å². The Balaban J connectivity index is 4.80. The van der Waals surface area contributed by atoms with Gasteiger partial charge in [0, 0.05) is 6.54 Å². The van der Waals surface area contributed by atoms with E-state index in [9.17, 15) is 13.2 Å². The van der Waals surface area contributed by atoms with E-state index in [2.05, 4.69) is 0 Å². The van der Waals surface area contributed by atoms with E-state index >= 15 is 0 Å². The van der Waals surface area contributed by atoms with Crippen LogP contribution in [-0.4, -0.2) is 30.9 Å². The molecule has 0 aliphatic carbocycles. The molecule has 0 aromatic carbocycles. The van der Waals surface area contributed by atoms with Gasteiger partial charge in [0.1, 0.15) is 0 Å². The van der Waals surface area contributed by atoms with Crippen LogP contribution in [0, 0.1) is 0 Å². The Bertz CT molecular complexity index is 231. The van der Waals surface area contributed by atoms with E-state index in [1.807, 2.05) is 0 Å². The molecule has 0 rings (SSSR count). The summed E-state index contributed by atoms with van der Waals surface area (Å²) < 4.78 is 19.7. The van der Waals surface area contributed by atoms with Crippen molar-refractivity contribution in [3.63, 3.8) is 0 Å². The highest BCUT2D eigenvalue weighted by Crippen LogP contribution is 1.67. The highest BCUT2D eigenvalue weighted by molar-refractivity contribution is 7.74. The molecule has 5 nitrogen and oxygen atoms in total. The molecule has 0 radical (unpaired) electrons. The molecule has 0 aromatic heterocycles. The van der Waals surface area contributed by atoms with Crippen molar-refractivity contribution in [2.24, 2.45) is 5.73 Å². The summed E-state index contributed by atoms with van der Waals surface area (Å²) in [7, 11) is -2.69. The molecule has 0 saturated carbocycles. The molecule has 0 atom stereocenters. The molecule has 0 unspecified atom stereocenters. The van der Waals surface area contributed by atoms with Gasteiger partial charge in [-0.05, 0) is 0 Å². The first-order valence-corrected chi connectivity index (χ1v) is 3.05. The predicted octanol–water partition coefficient (Wildman–Crippen LogP) is -1.92. The second-order valence-corrected chi connectivity index (χ2v) is 2.13. The molecule has 3 N–H and O–H groups in total. The van der Waals surface area contributed by atoms with Crippen molar-refractivity contribution in [2.45, 2.75) is 0 Å². The molecule has 6 heteroatoms. The van der Waals surface area contributed by atoms with E-state index in [0.29, 0.717) is 0 Å². The first kappa shape index (κ1) is 8.12. The highest BCUT2D eigenvalue weighted by Gasteiger charge is 2.06. The third-order valence-corrected chi connectivity index (χ3v) is 1.37. The highest BCUT2D eigenvalue weighted by atomic mass is 32.2. The summed E-state index contributed by atoms with van der Waals surface area (Å²) in [6, 6.07) is 0. The minimum atomic E-state index is -2.69. The summed E-state index contributed by atoms with van der Waals surface area (Å²) in [4.78, 5) is 9.16. The van der Waals surface area contributed by atoms with Gasteiger partial charge in [0.25, 0.3) is 0 Å². The number of aliphatic carboxylic acids is 1. The number of nitrogens with two attached hydrogens (primary N) is 1. The molecule has 0 fully saturated rings. The van der Waals surface area contributed by atoms with Crippen molar-refractivity contribution in [3.05, 3.63) is 0 Å². The fourth-order valence-electron chi connectivity index (χ4n) is 0.227. The third-order valence-electron chi connectivity index (χ3n) is 0.625. The molecule has 0 saturated heterocycles. The normalized spacial score (nSPS) is 8.56. The van der Waals surface area contributed by atoms with E-state index in [4.69, 9.17) is 10.8 Å². The molecule has 52 valence electrons. The van der Waals surface area contributed by atoms with Crippen molar-refractivity contribution in [3.8, 4) is 0 Å². The summed E-state index contributed by atoms with van der Waals surface area (Å²) in [6.45, 7) is -0.467. The van der Waals surface area contributed by atoms with E-state index in [-0.39, 0.29) is 0 Å². The second kappa shape index (κ2) is 3.21. The van der Waals surface area contributed by atoms with Crippen molar-refractivity contribution in [1.29, 1.82) is 0 Å². The Labute approximate surface area is 52.6 Å². The minimum Gasteiger partial charge on any atom is -0.477 e. The predicted molar refractivity (Wildman–Crippen MR) is 30.6 cm³/mol. The van der Waals surface area contributed by atoms with E-state index < -0.39 is 27.7 Å². The SMILES string of the molecule is NCC(C(=O)O)=S(=O)=O. The number of carbonyl (C=O) groups is 1. The number of hydrogen-bond acceptors (Lipinski definition) is 4. The number of carboxylic acid groups (broad SMARTS) is 1. The molecule has 0 aliphatic rings. The Morgan fingerprint density at radius 3 is 2.00 bits per heavy atom. The zero-order valence-electron chi connectivity index (χ0n) is 4.36. The lowest BCUT2D eigenvalue weighted by molar-refractivity contribution is -0.129. The summed E-state index contributed by atoms with van der Waals surface area (Å²) in [5.74, 6) is -1.49. The maximum absolute atomic E-state index is 9.87. The monoisotopic (exact) mass is 151 g/mol. The zero-order chi connectivity index (χ0) is 7.44. The number of rotatable bonds is 2. The Morgan fingerprint density at radius 1 is 1.56 bits per heavy atom. The summed E-state index contributed by atoms with van der Waals surface area (Å²) in [5, 5.41) is 8.03. The first-order chi connectivity index (χ1) is 4.09. The van der Waals surface area contributed by atoms with Gasteiger partial charge >= 0.3 is 5.97 Å². The second-order valence-electron chi connectivity index (χ2n) is 1.17. The lowest BCUT2D eigenvalue weighted by Crippen LogP contribution is -2.23. The number of carboxylic acids is 1. The Morgan fingerprint density at radius 2 is 2.00 bits per heavy atom. The van der Waals surface area contributed by atoms with Crippen molar-refractivity contribution < 1.29 is 18.3 Å². The summed E-state index contributed by atoms with van der Waals surface area (Å²) in [5.41, 5.74) is 4.76. The first-order valence-electron chi connectivity index (χ1n) is 1.98. The molecule has 0 aliphatic heterocycles. The minimum absolute atomic E-state index is 0.467. The molecule has 9 heavy (non-hydrogen) atoms. The van der Waals surface area contributed by atoms with Crippen LogP contribution < -0.4 is 5.73 Å². The molecule has 0 amide bonds. The Hall–Kier alpha value is -0.880. The fraction of sp³-hybridized carbons (Fsp3) is 0.333. The van der Waals surface area contributed by atoms with Gasteiger partial charge in [-0.3, -0.25) is 0 Å². The lowest BCUT2D eigenvalue weighted by Gasteiger charge is -1.85. The average molecular weight is 151 g/mol. The summed E-state index contributed by atoms with van der Waals surface area (Å²) >= 11 is 0. The van der Waals surface area contributed by atoms with Gasteiger partial charge in [0.15, 0.2) is 4.86 Å². The van der Waals surface area contributed by atoms with Crippen LogP contribution in [-0.2, 0) is 15.1 Å². The average Bonchev–Trinajstić information content (AvgIpc) is 1.64. The van der Waals surface area contributed by atoms with Crippen LogP contribution in [0.1, 0.15) is 0 Å². The molecular formula is C3H5NO4S. The largest absolute Gasteiger partial charge is 0.477 e. The van der Waals surface area contributed by atoms with Crippen LogP contribution in [0.2, 0.25) is 0 Å². The number of hydrogen-bond donors (Lipinski definition) is 2. The lowest BCUT2D eigenvalue weighted by atomic mass is 10.4. The van der Waals surface area contributed by atoms with Gasteiger partial charge in [-0.15, -0.1) is 0 Å². The van der Waals surface area contributed by atoms with Crippen LogP contribution in [0.15, 0.2) is 0 Å². The van der Waals surface area contributed by atoms with Gasteiger partial charge < -0.3 is 10.8 Å². The van der Waals surface area contributed by atoms with Crippen molar-refractivity contribution in [2.75, 3.05) is 6.54 Å². The standard InChI is InChI=1S/C3H5NO4S/c4-1-2(3(5)6)9(7)8/h1,4H2,(H,5,6).